The topological polar surface area (TPSA) is 56.5 Å². The summed E-state index contributed by atoms with van der Waals surface area (Å²) in [6, 6.07) is 57.9. The number of pyridine rings is 1. The highest BCUT2D eigenvalue weighted by atomic mass is 32.1. The molecule has 4 heterocycles. The lowest BCUT2D eigenvalue weighted by Gasteiger charge is -2.13. The SMILES string of the molecule is [2H]c1c([2H])c([2H])c(-c2nc(-c3ccccc3)nc(-c3cc(-n4c5ccccc5c5ccc(-c6ccccn6)cc54)cc4c3sc3c(-c5cccc(-c6ccccc6)c5)cccc34)n2)c([2H])c1[2H]. The lowest BCUT2D eigenvalue weighted by Crippen LogP contribution is -2.01. The van der Waals surface area contributed by atoms with Gasteiger partial charge in [-0.05, 0) is 64.7 Å². The third-order valence-corrected chi connectivity index (χ3v) is 12.7. The minimum Gasteiger partial charge on any atom is -0.309 e. The van der Waals surface area contributed by atoms with Crippen molar-refractivity contribution in [3.63, 3.8) is 0 Å². The fourth-order valence-electron chi connectivity index (χ4n) is 8.53. The monoisotopic (exact) mass is 814 g/mol. The molecule has 290 valence electrons. The van der Waals surface area contributed by atoms with E-state index in [1.807, 2.05) is 54.6 Å². The van der Waals surface area contributed by atoms with Crippen LogP contribution >= 0.6 is 11.3 Å². The quantitative estimate of drug-likeness (QED) is 0.161. The molecule has 0 saturated carbocycles. The van der Waals surface area contributed by atoms with Crippen LogP contribution in [0.4, 0.5) is 0 Å². The normalized spacial score (nSPS) is 12.7. The molecular weight excluding hydrogens is 775 g/mol. The van der Waals surface area contributed by atoms with Gasteiger partial charge in [0.25, 0.3) is 0 Å². The fourth-order valence-corrected chi connectivity index (χ4v) is 9.86. The first kappa shape index (κ1) is 30.9. The zero-order valence-corrected chi connectivity index (χ0v) is 33.8. The third-order valence-electron chi connectivity index (χ3n) is 11.4. The molecule has 0 saturated heterocycles. The van der Waals surface area contributed by atoms with E-state index in [-0.39, 0.29) is 23.5 Å². The summed E-state index contributed by atoms with van der Waals surface area (Å²) in [5.41, 5.74) is 10.4. The minimum absolute atomic E-state index is 0.0178. The van der Waals surface area contributed by atoms with E-state index in [2.05, 4.69) is 126 Å². The number of benzene rings is 8. The summed E-state index contributed by atoms with van der Waals surface area (Å²) < 4.78 is 47.8. The minimum atomic E-state index is -0.488. The number of hydrogen-bond acceptors (Lipinski definition) is 5. The molecule has 0 N–H and O–H groups in total. The number of para-hydroxylation sites is 1. The van der Waals surface area contributed by atoms with Crippen LogP contribution in [-0.2, 0) is 0 Å². The number of hydrogen-bond donors (Lipinski definition) is 0. The Kier molecular flexibility index (Phi) is 7.42. The third kappa shape index (κ3) is 6.16. The maximum absolute atomic E-state index is 8.99. The van der Waals surface area contributed by atoms with E-state index < -0.39 is 18.1 Å². The van der Waals surface area contributed by atoms with E-state index in [1.165, 1.54) is 0 Å². The molecule has 0 aliphatic rings. The van der Waals surface area contributed by atoms with Gasteiger partial charge in [0.1, 0.15) is 0 Å². The molecule has 0 spiro atoms. The molecule has 0 bridgehead atoms. The molecule has 0 unspecified atom stereocenters. The van der Waals surface area contributed by atoms with E-state index in [4.69, 9.17) is 26.8 Å². The maximum atomic E-state index is 8.99. The van der Waals surface area contributed by atoms with E-state index >= 15 is 0 Å². The van der Waals surface area contributed by atoms with E-state index in [1.54, 1.807) is 17.5 Å². The second-order valence-electron chi connectivity index (χ2n) is 15.1. The first-order valence-electron chi connectivity index (χ1n) is 22.8. The van der Waals surface area contributed by atoms with Crippen LogP contribution in [0.1, 0.15) is 6.85 Å². The van der Waals surface area contributed by atoms with Crippen molar-refractivity contribution in [1.29, 1.82) is 0 Å². The molecular formula is C56H35N5S. The van der Waals surface area contributed by atoms with Crippen LogP contribution in [-0.4, -0.2) is 24.5 Å². The van der Waals surface area contributed by atoms with Crippen LogP contribution in [0.25, 0.3) is 115 Å². The van der Waals surface area contributed by atoms with Gasteiger partial charge in [-0.2, -0.15) is 0 Å². The molecule has 0 amide bonds. The highest BCUT2D eigenvalue weighted by Gasteiger charge is 2.22. The lowest BCUT2D eigenvalue weighted by atomic mass is 9.97. The van der Waals surface area contributed by atoms with E-state index in [0.717, 1.165) is 81.2 Å². The average Bonchev–Trinajstić information content (AvgIpc) is 3.93. The van der Waals surface area contributed by atoms with Gasteiger partial charge < -0.3 is 4.57 Å². The van der Waals surface area contributed by atoms with Crippen LogP contribution in [0.15, 0.2) is 212 Å². The maximum Gasteiger partial charge on any atom is 0.165 e. The largest absolute Gasteiger partial charge is 0.309 e. The first-order valence-corrected chi connectivity index (χ1v) is 21.1. The van der Waals surface area contributed by atoms with Crippen molar-refractivity contribution < 1.29 is 6.85 Å². The predicted molar refractivity (Wildman–Crippen MR) is 257 cm³/mol. The smallest absolute Gasteiger partial charge is 0.165 e. The van der Waals surface area contributed by atoms with Crippen molar-refractivity contribution >= 4 is 53.3 Å². The Labute approximate surface area is 369 Å². The van der Waals surface area contributed by atoms with Crippen LogP contribution in [0.3, 0.4) is 0 Å². The highest BCUT2D eigenvalue weighted by molar-refractivity contribution is 7.26. The predicted octanol–water partition coefficient (Wildman–Crippen LogP) is 14.7. The zero-order chi connectivity index (χ0) is 45.3. The molecule has 5 nitrogen and oxygen atoms in total. The summed E-state index contributed by atoms with van der Waals surface area (Å²) in [5.74, 6) is 0.592. The Balaban J connectivity index is 1.18. The summed E-state index contributed by atoms with van der Waals surface area (Å²) in [6.07, 6.45) is 1.81. The Morgan fingerprint density at radius 2 is 1.06 bits per heavy atom. The van der Waals surface area contributed by atoms with Gasteiger partial charge in [-0.15, -0.1) is 11.3 Å². The van der Waals surface area contributed by atoms with Gasteiger partial charge in [0.2, 0.25) is 0 Å². The summed E-state index contributed by atoms with van der Waals surface area (Å²) in [7, 11) is 0. The van der Waals surface area contributed by atoms with Gasteiger partial charge in [0.15, 0.2) is 17.5 Å². The summed E-state index contributed by atoms with van der Waals surface area (Å²) >= 11 is 1.66. The van der Waals surface area contributed by atoms with E-state index in [9.17, 15) is 0 Å². The summed E-state index contributed by atoms with van der Waals surface area (Å²) in [6.45, 7) is 0. The Bertz CT molecular complexity index is 3900. The second-order valence-corrected chi connectivity index (χ2v) is 16.1. The Morgan fingerprint density at radius 3 is 1.89 bits per heavy atom. The van der Waals surface area contributed by atoms with Crippen molar-refractivity contribution in [1.82, 2.24) is 24.5 Å². The molecule has 12 rings (SSSR count). The van der Waals surface area contributed by atoms with Crippen molar-refractivity contribution in [2.75, 3.05) is 0 Å². The van der Waals surface area contributed by atoms with Crippen molar-refractivity contribution in [2.45, 2.75) is 0 Å². The summed E-state index contributed by atoms with van der Waals surface area (Å²) in [5, 5.41) is 4.23. The number of aromatic nitrogens is 5. The number of thiophene rings is 1. The van der Waals surface area contributed by atoms with Gasteiger partial charge in [-0.25, -0.2) is 15.0 Å². The van der Waals surface area contributed by atoms with Crippen LogP contribution in [0, 0.1) is 0 Å². The van der Waals surface area contributed by atoms with Gasteiger partial charge in [0, 0.05) is 65.1 Å². The Morgan fingerprint density at radius 1 is 0.403 bits per heavy atom. The molecule has 6 heteroatoms. The van der Waals surface area contributed by atoms with Crippen LogP contribution < -0.4 is 0 Å². The standard InChI is InChI=1S/C56H35N5S/c1-4-16-36(17-5-1)39-22-14-23-40(32-39)43-25-15-26-46-47-34-42(61-50-28-11-10-24-44(50)45-30-29-41(33-51(45)61)49-27-12-13-31-57-49)35-48(53(47)62-52(43)46)56-59-54(37-18-6-2-7-19-37)58-55(60-56)38-20-8-3-9-21-38/h1-35H/i2D,6D,7D,18D,19D. The van der Waals surface area contributed by atoms with Gasteiger partial charge in [-0.1, -0.05) is 164 Å². The van der Waals surface area contributed by atoms with Gasteiger partial charge >= 0.3 is 0 Å². The molecule has 0 fully saturated rings. The second kappa shape index (κ2) is 14.9. The Hall–Kier alpha value is -8.06. The highest BCUT2D eigenvalue weighted by Crippen LogP contribution is 2.46. The molecule has 62 heavy (non-hydrogen) atoms. The number of nitrogens with zero attached hydrogens (tertiary/aromatic N) is 5. The van der Waals surface area contributed by atoms with Crippen molar-refractivity contribution in [3.05, 3.63) is 212 Å². The molecule has 0 aliphatic carbocycles. The van der Waals surface area contributed by atoms with Crippen molar-refractivity contribution in [2.24, 2.45) is 0 Å². The van der Waals surface area contributed by atoms with Crippen molar-refractivity contribution in [3.8, 4) is 73.4 Å². The summed E-state index contributed by atoms with van der Waals surface area (Å²) in [4.78, 5) is 19.8. The molecule has 0 aliphatic heterocycles. The van der Waals surface area contributed by atoms with Crippen LogP contribution in [0.5, 0.6) is 0 Å². The van der Waals surface area contributed by atoms with Gasteiger partial charge in [0.05, 0.1) is 23.6 Å². The number of fused-ring (bicyclic) bond motifs is 6. The average molecular weight is 815 g/mol. The number of rotatable bonds is 7. The lowest BCUT2D eigenvalue weighted by molar-refractivity contribution is 1.07. The molecule has 4 aromatic heterocycles. The fraction of sp³-hybridized carbons (Fsp3) is 0. The van der Waals surface area contributed by atoms with Gasteiger partial charge in [-0.3, -0.25) is 4.98 Å². The van der Waals surface area contributed by atoms with Crippen LogP contribution in [0.2, 0.25) is 0 Å². The molecule has 12 aromatic rings. The zero-order valence-electron chi connectivity index (χ0n) is 38.0. The molecule has 8 aromatic carbocycles. The molecule has 0 atom stereocenters. The van der Waals surface area contributed by atoms with E-state index in [0.29, 0.717) is 22.8 Å². The molecule has 0 radical (unpaired) electrons. The first-order chi connectivity index (χ1) is 32.8.